The van der Waals surface area contributed by atoms with Gasteiger partial charge in [-0.05, 0) is 92.4 Å². The molecule has 1 heterocycles. The summed E-state index contributed by atoms with van der Waals surface area (Å²) in [6, 6.07) is 0. The summed E-state index contributed by atoms with van der Waals surface area (Å²) in [5.74, 6) is 3.49. The fourth-order valence-corrected chi connectivity index (χ4v) is 9.55. The van der Waals surface area contributed by atoms with Gasteiger partial charge in [0.05, 0.1) is 12.4 Å². The van der Waals surface area contributed by atoms with E-state index < -0.39 is 0 Å². The fraction of sp³-hybridized carbons (Fsp3) is 0.839. The zero-order valence-electron chi connectivity index (χ0n) is 23.6. The van der Waals surface area contributed by atoms with E-state index in [4.69, 9.17) is 14.2 Å². The molecule has 0 aromatic heterocycles. The Bertz CT molecular complexity index is 984. The number of allylic oxidation sites excluding steroid dienone is 1. The summed E-state index contributed by atoms with van der Waals surface area (Å²) in [5.41, 5.74) is 1.10. The van der Waals surface area contributed by atoms with Gasteiger partial charge in [0.25, 0.3) is 0 Å². The average molecular weight is 515 g/mol. The molecule has 0 spiro atoms. The lowest BCUT2D eigenvalue weighted by atomic mass is 9.44. The van der Waals surface area contributed by atoms with Crippen molar-refractivity contribution in [3.8, 4) is 0 Å². The molecule has 206 valence electrons. The number of esters is 2. The maximum absolute atomic E-state index is 14.1. The van der Waals surface area contributed by atoms with E-state index in [1.165, 1.54) is 32.3 Å². The largest absolute Gasteiger partial charge is 0.494 e. The summed E-state index contributed by atoms with van der Waals surface area (Å²) >= 11 is 0. The number of rotatable bonds is 6. The highest BCUT2D eigenvalue weighted by molar-refractivity contribution is 5.87. The third kappa shape index (κ3) is 4.44. The van der Waals surface area contributed by atoms with E-state index in [0.717, 1.165) is 44.3 Å². The summed E-state index contributed by atoms with van der Waals surface area (Å²) in [6.45, 7) is 12.4. The molecule has 0 radical (unpaired) electrons. The average Bonchev–Trinajstić information content (AvgIpc) is 3.31. The van der Waals surface area contributed by atoms with Crippen molar-refractivity contribution in [3.63, 3.8) is 0 Å². The molecule has 0 bridgehead atoms. The summed E-state index contributed by atoms with van der Waals surface area (Å²) in [4.78, 5) is 36.8. The minimum atomic E-state index is -0.334. The highest BCUT2D eigenvalue weighted by Gasteiger charge is 2.67. The van der Waals surface area contributed by atoms with Crippen LogP contribution in [0.2, 0.25) is 0 Å². The van der Waals surface area contributed by atoms with Crippen molar-refractivity contribution in [3.05, 3.63) is 11.3 Å². The van der Waals surface area contributed by atoms with Crippen LogP contribution in [-0.4, -0.2) is 36.5 Å². The normalized spacial score (nSPS) is 43.2. The molecule has 0 aromatic carbocycles. The zero-order chi connectivity index (χ0) is 26.7. The lowest BCUT2D eigenvalue weighted by Gasteiger charge is -2.60. The SMILES string of the molecule is CC(=O)OC[C@@H](C)CCC1=C(C)[C@H]2[C@@H](C[C@H]3[C@@H]4CC[C@H]5C[C@@H](OC(C)=O)CC[C@]5(C)[C@H]4CC(=O)[C@@]32C)O1. The van der Waals surface area contributed by atoms with Crippen molar-refractivity contribution in [2.45, 2.75) is 112 Å². The highest BCUT2D eigenvalue weighted by atomic mass is 16.5. The maximum atomic E-state index is 14.1. The van der Waals surface area contributed by atoms with Crippen molar-refractivity contribution in [2.24, 2.45) is 46.3 Å². The van der Waals surface area contributed by atoms with Gasteiger partial charge in [-0.15, -0.1) is 0 Å². The van der Waals surface area contributed by atoms with Gasteiger partial charge >= 0.3 is 11.9 Å². The summed E-state index contributed by atoms with van der Waals surface area (Å²) in [5, 5.41) is 0. The quantitative estimate of drug-likeness (QED) is 0.404. The van der Waals surface area contributed by atoms with Gasteiger partial charge in [0.2, 0.25) is 0 Å². The molecule has 0 unspecified atom stereocenters. The molecule has 10 atom stereocenters. The molecule has 4 fully saturated rings. The van der Waals surface area contributed by atoms with Gasteiger partial charge in [-0.2, -0.15) is 0 Å². The number of fused-ring (bicyclic) bond motifs is 7. The third-order valence-electron chi connectivity index (χ3n) is 11.5. The Labute approximate surface area is 222 Å². The Kier molecular flexibility index (Phi) is 7.02. The van der Waals surface area contributed by atoms with Crippen LogP contribution in [0.3, 0.4) is 0 Å². The molecular weight excluding hydrogens is 468 g/mol. The Hall–Kier alpha value is -1.85. The Morgan fingerprint density at radius 1 is 1.08 bits per heavy atom. The second kappa shape index (κ2) is 9.72. The van der Waals surface area contributed by atoms with Crippen LogP contribution in [0.4, 0.5) is 0 Å². The topological polar surface area (TPSA) is 78.9 Å². The molecule has 4 aliphatic carbocycles. The molecule has 0 saturated heterocycles. The van der Waals surface area contributed by atoms with Crippen LogP contribution in [0.5, 0.6) is 0 Å². The first kappa shape index (κ1) is 26.7. The van der Waals surface area contributed by atoms with Crippen LogP contribution in [0.1, 0.15) is 99.3 Å². The molecule has 0 amide bonds. The van der Waals surface area contributed by atoms with Crippen LogP contribution >= 0.6 is 0 Å². The molecule has 6 heteroatoms. The Morgan fingerprint density at radius 3 is 2.54 bits per heavy atom. The number of carbonyl (C=O) groups is 3. The number of hydrogen-bond donors (Lipinski definition) is 0. The van der Waals surface area contributed by atoms with Crippen molar-refractivity contribution in [1.82, 2.24) is 0 Å². The molecule has 1 aliphatic heterocycles. The van der Waals surface area contributed by atoms with Gasteiger partial charge in [-0.25, -0.2) is 0 Å². The van der Waals surface area contributed by atoms with E-state index in [9.17, 15) is 14.4 Å². The lowest BCUT2D eigenvalue weighted by molar-refractivity contribution is -0.165. The van der Waals surface area contributed by atoms with E-state index in [-0.39, 0.29) is 46.8 Å². The molecule has 5 rings (SSSR count). The molecule has 0 N–H and O–H groups in total. The third-order valence-corrected chi connectivity index (χ3v) is 11.5. The lowest BCUT2D eigenvalue weighted by Crippen LogP contribution is -2.57. The molecule has 37 heavy (non-hydrogen) atoms. The van der Waals surface area contributed by atoms with Crippen LogP contribution < -0.4 is 0 Å². The second-order valence-corrected chi connectivity index (χ2v) is 13.5. The summed E-state index contributed by atoms with van der Waals surface area (Å²) in [6.07, 6.45) is 8.83. The van der Waals surface area contributed by atoms with Gasteiger partial charge in [-0.1, -0.05) is 20.8 Å². The highest BCUT2D eigenvalue weighted by Crippen LogP contribution is 2.68. The van der Waals surface area contributed by atoms with E-state index in [2.05, 4.69) is 27.7 Å². The number of hydrogen-bond acceptors (Lipinski definition) is 6. The van der Waals surface area contributed by atoms with Gasteiger partial charge in [-0.3, -0.25) is 14.4 Å². The van der Waals surface area contributed by atoms with E-state index in [0.29, 0.717) is 42.5 Å². The molecule has 4 saturated carbocycles. The first-order valence-electron chi connectivity index (χ1n) is 14.6. The van der Waals surface area contributed by atoms with Crippen molar-refractivity contribution in [2.75, 3.05) is 6.61 Å². The second-order valence-electron chi connectivity index (χ2n) is 13.5. The first-order valence-corrected chi connectivity index (χ1v) is 14.6. The summed E-state index contributed by atoms with van der Waals surface area (Å²) < 4.78 is 17.4. The molecular formula is C31H46O6. The molecule has 5 aliphatic rings. The van der Waals surface area contributed by atoms with Crippen LogP contribution in [0.25, 0.3) is 0 Å². The van der Waals surface area contributed by atoms with Gasteiger partial charge in [0, 0.05) is 38.0 Å². The maximum Gasteiger partial charge on any atom is 0.302 e. The first-order chi connectivity index (χ1) is 17.4. The van der Waals surface area contributed by atoms with E-state index in [1.807, 2.05) is 0 Å². The van der Waals surface area contributed by atoms with Crippen molar-refractivity contribution < 1.29 is 28.6 Å². The van der Waals surface area contributed by atoms with Crippen LogP contribution in [0, 0.1) is 46.3 Å². The Balaban J connectivity index is 1.30. The minimum Gasteiger partial charge on any atom is -0.494 e. The fourth-order valence-electron chi connectivity index (χ4n) is 9.55. The zero-order valence-corrected chi connectivity index (χ0v) is 23.6. The van der Waals surface area contributed by atoms with Crippen LogP contribution in [0.15, 0.2) is 11.3 Å². The van der Waals surface area contributed by atoms with Crippen molar-refractivity contribution in [1.29, 1.82) is 0 Å². The van der Waals surface area contributed by atoms with Gasteiger partial charge < -0.3 is 14.2 Å². The Morgan fingerprint density at radius 2 is 1.84 bits per heavy atom. The number of ether oxygens (including phenoxy) is 3. The monoisotopic (exact) mass is 514 g/mol. The smallest absolute Gasteiger partial charge is 0.302 e. The van der Waals surface area contributed by atoms with E-state index >= 15 is 0 Å². The van der Waals surface area contributed by atoms with E-state index in [1.54, 1.807) is 0 Å². The molecule has 6 nitrogen and oxygen atoms in total. The van der Waals surface area contributed by atoms with Crippen molar-refractivity contribution >= 4 is 17.7 Å². The number of ketones is 1. The van der Waals surface area contributed by atoms with Crippen LogP contribution in [-0.2, 0) is 28.6 Å². The predicted molar refractivity (Wildman–Crippen MR) is 139 cm³/mol. The molecule has 0 aromatic rings. The van der Waals surface area contributed by atoms with Gasteiger partial charge in [0.1, 0.15) is 18.0 Å². The number of carbonyl (C=O) groups excluding carboxylic acids is 3. The standard InChI is InChI=1S/C31H46O6/c1-17(16-35-19(3)32)7-10-26-18(2)29-27(37-26)14-25-23-9-8-21-13-22(36-20(4)33)11-12-30(21,5)24(23)15-28(34)31(25,29)6/h17,21-25,27,29H,7-16H2,1-6H3/t17-,21-,22-,23+,24-,25-,27+,29-,30-,31+/m0/s1. The minimum absolute atomic E-state index is 0.0406. The summed E-state index contributed by atoms with van der Waals surface area (Å²) in [7, 11) is 0. The predicted octanol–water partition coefficient (Wildman–Crippen LogP) is 6.02. The number of Topliss-reactive ketones (excluding diaryl/α,β-unsaturated/α-hetero) is 1. The van der Waals surface area contributed by atoms with Gasteiger partial charge in [0.15, 0.2) is 0 Å².